The van der Waals surface area contributed by atoms with Gasteiger partial charge in [-0.3, -0.25) is 4.79 Å². The highest BCUT2D eigenvalue weighted by Gasteiger charge is 2.19. The molecule has 1 amide bonds. The van der Waals surface area contributed by atoms with Crippen molar-refractivity contribution in [2.24, 2.45) is 0 Å². The summed E-state index contributed by atoms with van der Waals surface area (Å²) in [5.41, 5.74) is 4.77. The number of nitrogens with zero attached hydrogens (tertiary/aromatic N) is 3. The zero-order valence-corrected chi connectivity index (χ0v) is 17.6. The molecule has 29 heavy (non-hydrogen) atoms. The van der Waals surface area contributed by atoms with E-state index in [2.05, 4.69) is 45.2 Å². The van der Waals surface area contributed by atoms with E-state index in [1.807, 2.05) is 72.8 Å². The topological polar surface area (TPSA) is 59.8 Å². The van der Waals surface area contributed by atoms with Crippen LogP contribution >= 0.6 is 15.9 Å². The number of aromatic nitrogens is 3. The number of anilines is 1. The van der Waals surface area contributed by atoms with Crippen molar-refractivity contribution in [1.29, 1.82) is 0 Å². The number of hydrogen-bond acceptors (Lipinski definition) is 3. The molecule has 3 aromatic carbocycles. The highest BCUT2D eigenvalue weighted by molar-refractivity contribution is 9.10. The van der Waals surface area contributed by atoms with Gasteiger partial charge < -0.3 is 5.32 Å². The lowest BCUT2D eigenvalue weighted by Crippen LogP contribution is -2.14. The minimum atomic E-state index is -0.350. The maximum absolute atomic E-state index is 12.8. The number of carbonyl (C=O) groups excluding carboxylic acids is 1. The second-order valence-corrected chi connectivity index (χ2v) is 7.68. The van der Waals surface area contributed by atoms with Crippen molar-refractivity contribution in [2.75, 3.05) is 5.32 Å². The molecule has 6 heteroatoms. The maximum Gasteiger partial charge on any atom is 0.295 e. The normalized spacial score (nSPS) is 10.7. The molecule has 0 aliphatic rings. The van der Waals surface area contributed by atoms with Crippen LogP contribution in [-0.4, -0.2) is 20.7 Å². The van der Waals surface area contributed by atoms with Crippen LogP contribution in [0.25, 0.3) is 17.1 Å². The van der Waals surface area contributed by atoms with E-state index in [1.54, 1.807) is 4.68 Å². The molecule has 0 saturated heterocycles. The zero-order valence-electron chi connectivity index (χ0n) is 16.1. The molecule has 5 nitrogen and oxygen atoms in total. The van der Waals surface area contributed by atoms with Crippen LogP contribution in [0.4, 0.5) is 5.69 Å². The van der Waals surface area contributed by atoms with Gasteiger partial charge in [0.15, 0.2) is 5.82 Å². The Morgan fingerprint density at radius 3 is 2.34 bits per heavy atom. The van der Waals surface area contributed by atoms with Crippen molar-refractivity contribution in [2.45, 2.75) is 13.8 Å². The van der Waals surface area contributed by atoms with Gasteiger partial charge in [0.25, 0.3) is 5.91 Å². The van der Waals surface area contributed by atoms with Gasteiger partial charge in [0.2, 0.25) is 5.82 Å². The minimum absolute atomic E-state index is 0.116. The van der Waals surface area contributed by atoms with Gasteiger partial charge in [-0.25, -0.2) is 9.67 Å². The summed E-state index contributed by atoms with van der Waals surface area (Å²) in [6, 6.07) is 23.1. The zero-order chi connectivity index (χ0) is 20.4. The van der Waals surface area contributed by atoms with E-state index in [-0.39, 0.29) is 11.7 Å². The number of nitrogens with one attached hydrogen (secondary N) is 1. The highest BCUT2D eigenvalue weighted by Crippen LogP contribution is 2.24. The van der Waals surface area contributed by atoms with E-state index in [0.29, 0.717) is 11.5 Å². The van der Waals surface area contributed by atoms with Crippen molar-refractivity contribution in [3.05, 3.63) is 94.2 Å². The predicted octanol–water partition coefficient (Wildman–Crippen LogP) is 5.57. The van der Waals surface area contributed by atoms with E-state index in [4.69, 9.17) is 0 Å². The van der Waals surface area contributed by atoms with Gasteiger partial charge in [-0.15, -0.1) is 5.10 Å². The molecule has 4 aromatic rings. The number of rotatable bonds is 4. The summed E-state index contributed by atoms with van der Waals surface area (Å²) in [5, 5.41) is 7.37. The molecule has 0 saturated carbocycles. The van der Waals surface area contributed by atoms with Crippen LogP contribution in [-0.2, 0) is 0 Å². The number of halogens is 1. The van der Waals surface area contributed by atoms with Gasteiger partial charge in [0.05, 0.1) is 5.69 Å². The quantitative estimate of drug-likeness (QED) is 0.445. The summed E-state index contributed by atoms with van der Waals surface area (Å²) in [7, 11) is 0. The molecule has 1 aromatic heterocycles. The lowest BCUT2D eigenvalue weighted by atomic mass is 10.1. The number of carbonyl (C=O) groups is 1. The summed E-state index contributed by atoms with van der Waals surface area (Å²) in [6.45, 7) is 4.12. The Hall–Kier alpha value is -3.25. The molecule has 0 bridgehead atoms. The molecule has 1 N–H and O–H groups in total. The maximum atomic E-state index is 12.8. The van der Waals surface area contributed by atoms with Crippen molar-refractivity contribution in [1.82, 2.24) is 14.8 Å². The molecular weight excluding hydrogens is 428 g/mol. The Bertz CT molecular complexity index is 1170. The predicted molar refractivity (Wildman–Crippen MR) is 118 cm³/mol. The Morgan fingerprint density at radius 2 is 1.66 bits per heavy atom. The number of aryl methyl sites for hydroxylation is 2. The van der Waals surface area contributed by atoms with Crippen LogP contribution < -0.4 is 5.32 Å². The van der Waals surface area contributed by atoms with Crippen LogP contribution in [0.3, 0.4) is 0 Å². The van der Waals surface area contributed by atoms with Gasteiger partial charge in [-0.2, -0.15) is 0 Å². The highest BCUT2D eigenvalue weighted by atomic mass is 79.9. The number of hydrogen-bond donors (Lipinski definition) is 1. The molecular formula is C23H19BrN4O. The Labute approximate surface area is 177 Å². The van der Waals surface area contributed by atoms with E-state index < -0.39 is 0 Å². The molecule has 4 rings (SSSR count). The third-order valence-corrected chi connectivity index (χ3v) is 5.21. The van der Waals surface area contributed by atoms with Crippen molar-refractivity contribution in [3.63, 3.8) is 0 Å². The summed E-state index contributed by atoms with van der Waals surface area (Å²) in [6.07, 6.45) is 0. The van der Waals surface area contributed by atoms with Gasteiger partial charge in [0.1, 0.15) is 0 Å². The van der Waals surface area contributed by atoms with E-state index in [1.165, 1.54) is 5.56 Å². The average Bonchev–Trinajstić information content (AvgIpc) is 3.17. The summed E-state index contributed by atoms with van der Waals surface area (Å²) in [4.78, 5) is 17.3. The molecule has 144 valence electrons. The fraction of sp³-hybridized carbons (Fsp3) is 0.0870. The van der Waals surface area contributed by atoms with E-state index in [9.17, 15) is 4.79 Å². The molecule has 0 unspecified atom stereocenters. The first kappa shape index (κ1) is 19.1. The third-order valence-electron chi connectivity index (χ3n) is 4.68. The van der Waals surface area contributed by atoms with Gasteiger partial charge >= 0.3 is 0 Å². The minimum Gasteiger partial charge on any atom is -0.319 e. The molecule has 0 spiro atoms. The van der Waals surface area contributed by atoms with E-state index in [0.717, 1.165) is 21.3 Å². The third kappa shape index (κ3) is 4.12. The Kier molecular flexibility index (Phi) is 5.27. The van der Waals surface area contributed by atoms with Crippen LogP contribution in [0.5, 0.6) is 0 Å². The second kappa shape index (κ2) is 8.01. The molecule has 0 fully saturated rings. The van der Waals surface area contributed by atoms with Crippen molar-refractivity contribution >= 4 is 27.5 Å². The first-order chi connectivity index (χ1) is 14.0. The van der Waals surface area contributed by atoms with Crippen LogP contribution in [0.1, 0.15) is 21.7 Å². The number of amides is 1. The molecule has 0 radical (unpaired) electrons. The van der Waals surface area contributed by atoms with Crippen LogP contribution in [0, 0.1) is 13.8 Å². The Balaban J connectivity index is 1.78. The smallest absolute Gasteiger partial charge is 0.295 e. The fourth-order valence-electron chi connectivity index (χ4n) is 2.94. The van der Waals surface area contributed by atoms with Gasteiger partial charge in [0, 0.05) is 15.7 Å². The number of benzene rings is 3. The van der Waals surface area contributed by atoms with Gasteiger partial charge in [-0.05, 0) is 61.4 Å². The molecule has 0 aliphatic heterocycles. The monoisotopic (exact) mass is 446 g/mol. The lowest BCUT2D eigenvalue weighted by Gasteiger charge is -2.08. The average molecular weight is 447 g/mol. The first-order valence-electron chi connectivity index (χ1n) is 9.18. The molecule has 0 atom stereocenters. The SMILES string of the molecule is Cc1ccc(-n2nc(C(=O)Nc3ccccc3)nc2-c2ccc(Br)cc2)cc1C. The van der Waals surface area contributed by atoms with Gasteiger partial charge in [-0.1, -0.05) is 52.3 Å². The van der Waals surface area contributed by atoms with Crippen LogP contribution in [0.15, 0.2) is 77.3 Å². The largest absolute Gasteiger partial charge is 0.319 e. The lowest BCUT2D eigenvalue weighted by molar-refractivity contribution is 0.101. The first-order valence-corrected chi connectivity index (χ1v) is 9.97. The van der Waals surface area contributed by atoms with E-state index >= 15 is 0 Å². The van der Waals surface area contributed by atoms with Crippen LogP contribution in [0.2, 0.25) is 0 Å². The number of para-hydroxylation sites is 1. The summed E-state index contributed by atoms with van der Waals surface area (Å²) in [5.74, 6) is 0.376. The second-order valence-electron chi connectivity index (χ2n) is 6.77. The molecule has 1 heterocycles. The van der Waals surface area contributed by atoms with Crippen molar-refractivity contribution in [3.8, 4) is 17.1 Å². The summed E-state index contributed by atoms with van der Waals surface area (Å²) >= 11 is 3.46. The van der Waals surface area contributed by atoms with Crippen molar-refractivity contribution < 1.29 is 4.79 Å². The molecule has 0 aliphatic carbocycles. The summed E-state index contributed by atoms with van der Waals surface area (Å²) < 4.78 is 2.69. The Morgan fingerprint density at radius 1 is 0.931 bits per heavy atom. The fourth-order valence-corrected chi connectivity index (χ4v) is 3.20. The standard InChI is InChI=1S/C23H19BrN4O/c1-15-8-13-20(14-16(15)2)28-22(17-9-11-18(24)12-10-17)26-21(27-28)23(29)25-19-6-4-3-5-7-19/h3-14H,1-2H3,(H,25,29).